The Bertz CT molecular complexity index is 597. The summed E-state index contributed by atoms with van der Waals surface area (Å²) in [5, 5.41) is 7.08. The van der Waals surface area contributed by atoms with Crippen LogP contribution >= 0.6 is 22.9 Å². The molecule has 0 aromatic carbocycles. The van der Waals surface area contributed by atoms with Gasteiger partial charge >= 0.3 is 0 Å². The number of halogens is 1. The van der Waals surface area contributed by atoms with Crippen LogP contribution in [0, 0.1) is 0 Å². The van der Waals surface area contributed by atoms with Gasteiger partial charge in [-0.05, 0) is 6.42 Å². The number of aryl methyl sites for hydroxylation is 2. The molecule has 0 saturated carbocycles. The molecule has 102 valence electrons. The van der Waals surface area contributed by atoms with Crippen molar-refractivity contribution in [2.75, 3.05) is 7.11 Å². The van der Waals surface area contributed by atoms with Crippen LogP contribution in [0.15, 0.2) is 22.3 Å². The van der Waals surface area contributed by atoms with Gasteiger partial charge in [-0.15, -0.1) is 28.0 Å². The third-order valence-corrected chi connectivity index (χ3v) is 3.78. The highest BCUT2D eigenvalue weighted by atomic mass is 35.5. The van der Waals surface area contributed by atoms with Crippen molar-refractivity contribution in [3.05, 3.63) is 38.6 Å². The van der Waals surface area contributed by atoms with Gasteiger partial charge in [-0.2, -0.15) is 0 Å². The number of nitrogens with zero attached hydrogens (tertiary/aromatic N) is 3. The molecular weight excluding hydrogens is 286 g/mol. The monoisotopic (exact) mass is 299 g/mol. The molecule has 2 aromatic rings. The van der Waals surface area contributed by atoms with Crippen LogP contribution in [0.2, 0.25) is 0 Å². The van der Waals surface area contributed by atoms with Crippen LogP contribution in [0.25, 0.3) is 0 Å². The van der Waals surface area contributed by atoms with E-state index in [0.29, 0.717) is 18.3 Å². The minimum atomic E-state index is -0.124. The van der Waals surface area contributed by atoms with E-state index in [2.05, 4.69) is 10.1 Å². The average Bonchev–Trinajstić information content (AvgIpc) is 2.89. The van der Waals surface area contributed by atoms with E-state index in [1.54, 1.807) is 17.4 Å². The molecule has 2 heterocycles. The van der Waals surface area contributed by atoms with E-state index in [9.17, 15) is 4.79 Å². The zero-order chi connectivity index (χ0) is 13.7. The Balaban J connectivity index is 1.93. The minimum absolute atomic E-state index is 0.124. The van der Waals surface area contributed by atoms with Crippen LogP contribution in [-0.2, 0) is 18.8 Å². The summed E-state index contributed by atoms with van der Waals surface area (Å²) in [6.45, 7) is 0.547. The second-order valence-corrected chi connectivity index (χ2v) is 5.12. The summed E-state index contributed by atoms with van der Waals surface area (Å²) < 4.78 is 6.41. The molecule has 0 aliphatic rings. The molecule has 0 atom stereocenters. The maximum absolute atomic E-state index is 11.6. The van der Waals surface area contributed by atoms with Crippen molar-refractivity contribution in [1.29, 1.82) is 0 Å². The van der Waals surface area contributed by atoms with E-state index in [1.807, 2.05) is 5.38 Å². The van der Waals surface area contributed by atoms with E-state index in [-0.39, 0.29) is 5.56 Å². The molecule has 0 radical (unpaired) electrons. The van der Waals surface area contributed by atoms with E-state index < -0.39 is 0 Å². The first-order chi connectivity index (χ1) is 9.22. The number of alkyl halides is 1. The highest BCUT2D eigenvalue weighted by molar-refractivity contribution is 7.09. The van der Waals surface area contributed by atoms with E-state index >= 15 is 0 Å². The number of ether oxygens (including phenoxy) is 1. The van der Waals surface area contributed by atoms with Gasteiger partial charge in [0.05, 0.1) is 23.7 Å². The number of thiazole rings is 1. The molecule has 0 aliphatic carbocycles. The smallest absolute Gasteiger partial charge is 0.266 e. The Labute approximate surface area is 119 Å². The number of rotatable bonds is 6. The van der Waals surface area contributed by atoms with Crippen molar-refractivity contribution in [2.45, 2.75) is 25.3 Å². The van der Waals surface area contributed by atoms with Crippen LogP contribution in [0.4, 0.5) is 0 Å². The van der Waals surface area contributed by atoms with Crippen molar-refractivity contribution in [3.63, 3.8) is 0 Å². The molecule has 0 unspecified atom stereocenters. The van der Waals surface area contributed by atoms with Crippen molar-refractivity contribution in [2.24, 2.45) is 0 Å². The molecule has 0 fully saturated rings. The zero-order valence-corrected chi connectivity index (χ0v) is 12.1. The largest absolute Gasteiger partial charge is 0.480 e. The standard InChI is InChI=1S/C12H14ClN3O2S/c1-18-10-4-5-12(17)16(15-10)6-2-3-11-14-9(7-13)8-19-11/h4-5,8H,2-3,6-7H2,1H3. The van der Waals surface area contributed by atoms with Crippen LogP contribution in [-0.4, -0.2) is 21.9 Å². The van der Waals surface area contributed by atoms with Gasteiger partial charge in [-0.25, -0.2) is 9.67 Å². The molecule has 2 rings (SSSR count). The summed E-state index contributed by atoms with van der Waals surface area (Å²) in [5.41, 5.74) is 0.778. The second-order valence-electron chi connectivity index (χ2n) is 3.91. The highest BCUT2D eigenvalue weighted by Gasteiger charge is 2.03. The Morgan fingerprint density at radius 1 is 1.47 bits per heavy atom. The van der Waals surface area contributed by atoms with E-state index in [1.165, 1.54) is 17.9 Å². The average molecular weight is 300 g/mol. The number of aromatic nitrogens is 3. The third-order valence-electron chi connectivity index (χ3n) is 2.55. The summed E-state index contributed by atoms with van der Waals surface area (Å²) in [4.78, 5) is 16.0. The minimum Gasteiger partial charge on any atom is -0.480 e. The number of hydrogen-bond acceptors (Lipinski definition) is 5. The van der Waals surface area contributed by atoms with E-state index in [4.69, 9.17) is 16.3 Å². The number of hydrogen-bond donors (Lipinski definition) is 0. The van der Waals surface area contributed by atoms with Crippen LogP contribution in [0.3, 0.4) is 0 Å². The van der Waals surface area contributed by atoms with Gasteiger partial charge in [0.2, 0.25) is 5.88 Å². The first-order valence-corrected chi connectivity index (χ1v) is 7.25. The Kier molecular flexibility index (Phi) is 4.93. The molecule has 0 N–H and O–H groups in total. The fourth-order valence-electron chi connectivity index (χ4n) is 1.60. The quantitative estimate of drug-likeness (QED) is 0.766. The predicted octanol–water partition coefficient (Wildman–Crippen LogP) is 2.08. The van der Waals surface area contributed by atoms with Crippen molar-refractivity contribution >= 4 is 22.9 Å². The third kappa shape index (κ3) is 3.78. The fraction of sp³-hybridized carbons (Fsp3) is 0.417. The first kappa shape index (κ1) is 14.0. The molecule has 19 heavy (non-hydrogen) atoms. The lowest BCUT2D eigenvalue weighted by molar-refractivity contribution is 0.374. The number of methoxy groups -OCH3 is 1. The van der Waals surface area contributed by atoms with Crippen molar-refractivity contribution in [1.82, 2.24) is 14.8 Å². The molecule has 0 amide bonds. The molecule has 0 saturated heterocycles. The fourth-order valence-corrected chi connectivity index (χ4v) is 2.67. The molecule has 0 bridgehead atoms. The normalized spacial score (nSPS) is 10.6. The predicted molar refractivity (Wildman–Crippen MR) is 75.0 cm³/mol. The molecule has 5 nitrogen and oxygen atoms in total. The summed E-state index contributed by atoms with van der Waals surface area (Å²) in [5.74, 6) is 0.881. The van der Waals surface area contributed by atoms with Gasteiger partial charge < -0.3 is 4.74 Å². The van der Waals surface area contributed by atoms with Gasteiger partial charge in [0.15, 0.2) is 0 Å². The van der Waals surface area contributed by atoms with Crippen molar-refractivity contribution < 1.29 is 4.74 Å². The summed E-state index contributed by atoms with van der Waals surface area (Å²) in [7, 11) is 1.53. The van der Waals surface area contributed by atoms with Gasteiger partial charge in [0.1, 0.15) is 0 Å². The van der Waals surface area contributed by atoms with Gasteiger partial charge in [0, 0.05) is 30.5 Å². The molecule has 0 aliphatic heterocycles. The molecular formula is C12H14ClN3O2S. The SMILES string of the molecule is COc1ccc(=O)n(CCCc2nc(CCl)cs2)n1. The lowest BCUT2D eigenvalue weighted by Gasteiger charge is -2.05. The Morgan fingerprint density at radius 3 is 3.00 bits per heavy atom. The van der Waals surface area contributed by atoms with E-state index in [0.717, 1.165) is 23.5 Å². The summed E-state index contributed by atoms with van der Waals surface area (Å²) in [6.07, 6.45) is 1.61. The van der Waals surface area contributed by atoms with Crippen LogP contribution in [0.5, 0.6) is 5.88 Å². The lowest BCUT2D eigenvalue weighted by atomic mass is 10.3. The zero-order valence-electron chi connectivity index (χ0n) is 10.5. The van der Waals surface area contributed by atoms with Gasteiger partial charge in [0.25, 0.3) is 5.56 Å². The molecule has 7 heteroatoms. The molecule has 2 aromatic heterocycles. The van der Waals surface area contributed by atoms with Crippen LogP contribution in [0.1, 0.15) is 17.1 Å². The lowest BCUT2D eigenvalue weighted by Crippen LogP contribution is -2.22. The first-order valence-electron chi connectivity index (χ1n) is 5.84. The topological polar surface area (TPSA) is 57.0 Å². The Hall–Kier alpha value is -1.40. The highest BCUT2D eigenvalue weighted by Crippen LogP contribution is 2.13. The van der Waals surface area contributed by atoms with Crippen molar-refractivity contribution in [3.8, 4) is 5.88 Å². The van der Waals surface area contributed by atoms with Gasteiger partial charge in [-0.1, -0.05) is 0 Å². The summed E-state index contributed by atoms with van der Waals surface area (Å²) in [6, 6.07) is 3.02. The van der Waals surface area contributed by atoms with Crippen LogP contribution < -0.4 is 10.3 Å². The van der Waals surface area contributed by atoms with Gasteiger partial charge in [-0.3, -0.25) is 4.79 Å². The second kappa shape index (κ2) is 6.68. The molecule has 0 spiro atoms. The maximum atomic E-state index is 11.6. The summed E-state index contributed by atoms with van der Waals surface area (Å²) >= 11 is 7.29. The Morgan fingerprint density at radius 2 is 2.32 bits per heavy atom. The maximum Gasteiger partial charge on any atom is 0.266 e.